The Bertz CT molecular complexity index is 942. The van der Waals surface area contributed by atoms with E-state index in [1.807, 2.05) is 77.7 Å². The molecule has 5 heteroatoms. The summed E-state index contributed by atoms with van der Waals surface area (Å²) in [7, 11) is 0. The minimum absolute atomic E-state index is 0.121. The van der Waals surface area contributed by atoms with Gasteiger partial charge in [0, 0.05) is 6.54 Å². The van der Waals surface area contributed by atoms with Crippen molar-refractivity contribution in [1.29, 1.82) is 0 Å². The van der Waals surface area contributed by atoms with Gasteiger partial charge >= 0.3 is 5.97 Å². The molecule has 1 spiro atoms. The van der Waals surface area contributed by atoms with Crippen LogP contribution in [-0.4, -0.2) is 39.6 Å². The average Bonchev–Trinajstić information content (AvgIpc) is 3.34. The van der Waals surface area contributed by atoms with Crippen LogP contribution in [0.2, 0.25) is 0 Å². The standard InChI is InChI=1S/C23H21NO4/c25-21-20-19(22(26)27)17-11-12-23(20,28-17)18(13-15-7-3-1-4-8-15)24(21)14-16-9-5-2-6-10-16/h1-12,17-20H,13-14H2,(H,26,27)/t17-,18+,19+,20-,23+/m0/s1. The zero-order valence-electron chi connectivity index (χ0n) is 15.3. The smallest absolute Gasteiger partial charge is 0.310 e. The second kappa shape index (κ2) is 6.31. The number of ether oxygens (including phenoxy) is 1. The number of carbonyl (C=O) groups is 2. The fourth-order valence-electron chi connectivity index (χ4n) is 5.08. The molecule has 2 fully saturated rings. The van der Waals surface area contributed by atoms with Gasteiger partial charge in [-0.1, -0.05) is 72.8 Å². The number of fused-ring (bicyclic) bond motifs is 1. The highest BCUT2D eigenvalue weighted by molar-refractivity contribution is 5.91. The van der Waals surface area contributed by atoms with Crippen molar-refractivity contribution in [1.82, 2.24) is 4.90 Å². The number of amides is 1. The maximum atomic E-state index is 13.4. The molecule has 2 aromatic rings. The first-order chi connectivity index (χ1) is 13.6. The first-order valence-electron chi connectivity index (χ1n) is 9.58. The Morgan fingerprint density at radius 3 is 2.32 bits per heavy atom. The van der Waals surface area contributed by atoms with Gasteiger partial charge in [0.05, 0.1) is 18.1 Å². The molecule has 0 unspecified atom stereocenters. The lowest BCUT2D eigenvalue weighted by molar-refractivity contribution is -0.148. The van der Waals surface area contributed by atoms with E-state index in [1.165, 1.54) is 0 Å². The number of likely N-dealkylation sites (tertiary alicyclic amines) is 1. The van der Waals surface area contributed by atoms with Crippen molar-refractivity contribution in [2.24, 2.45) is 11.8 Å². The first kappa shape index (κ1) is 17.2. The highest BCUT2D eigenvalue weighted by atomic mass is 16.5. The van der Waals surface area contributed by atoms with Crippen LogP contribution in [0.3, 0.4) is 0 Å². The van der Waals surface area contributed by atoms with Crippen molar-refractivity contribution in [3.63, 3.8) is 0 Å². The number of carboxylic acid groups (broad SMARTS) is 1. The number of rotatable bonds is 5. The van der Waals surface area contributed by atoms with Crippen molar-refractivity contribution in [2.75, 3.05) is 0 Å². The molecule has 3 aliphatic rings. The Morgan fingerprint density at radius 1 is 1.04 bits per heavy atom. The summed E-state index contributed by atoms with van der Waals surface area (Å²) in [5.74, 6) is -2.58. The molecule has 1 N–H and O–H groups in total. The molecule has 0 saturated carbocycles. The van der Waals surface area contributed by atoms with Gasteiger partial charge in [-0.15, -0.1) is 0 Å². The molecule has 5 rings (SSSR count). The van der Waals surface area contributed by atoms with Crippen LogP contribution in [0.25, 0.3) is 0 Å². The van der Waals surface area contributed by atoms with E-state index in [0.29, 0.717) is 13.0 Å². The van der Waals surface area contributed by atoms with Crippen LogP contribution >= 0.6 is 0 Å². The highest BCUT2D eigenvalue weighted by Crippen LogP contribution is 2.55. The third kappa shape index (κ3) is 2.43. The lowest BCUT2D eigenvalue weighted by atomic mass is 9.74. The molecule has 0 aliphatic carbocycles. The van der Waals surface area contributed by atoms with Gasteiger partial charge in [-0.25, -0.2) is 0 Å². The first-order valence-corrected chi connectivity index (χ1v) is 9.58. The molecule has 142 valence electrons. The zero-order chi connectivity index (χ0) is 19.3. The fraction of sp³-hybridized carbons (Fsp3) is 0.304. The number of benzene rings is 2. The summed E-state index contributed by atoms with van der Waals surface area (Å²) in [6.45, 7) is 0.448. The van der Waals surface area contributed by atoms with E-state index in [9.17, 15) is 14.7 Å². The molecular weight excluding hydrogens is 354 g/mol. The van der Waals surface area contributed by atoms with Gasteiger partial charge < -0.3 is 14.7 Å². The van der Waals surface area contributed by atoms with Crippen molar-refractivity contribution in [2.45, 2.75) is 30.7 Å². The van der Waals surface area contributed by atoms with Gasteiger partial charge in [0.1, 0.15) is 11.5 Å². The minimum atomic E-state index is -0.963. The van der Waals surface area contributed by atoms with E-state index in [0.717, 1.165) is 11.1 Å². The van der Waals surface area contributed by atoms with Gasteiger partial charge in [0.15, 0.2) is 0 Å². The van der Waals surface area contributed by atoms with E-state index in [-0.39, 0.29) is 11.9 Å². The zero-order valence-corrected chi connectivity index (χ0v) is 15.3. The van der Waals surface area contributed by atoms with Crippen LogP contribution < -0.4 is 0 Å². The maximum absolute atomic E-state index is 13.4. The number of hydrogen-bond acceptors (Lipinski definition) is 3. The Morgan fingerprint density at radius 2 is 1.68 bits per heavy atom. The normalized spacial score (nSPS) is 32.7. The maximum Gasteiger partial charge on any atom is 0.310 e. The molecule has 1 amide bonds. The van der Waals surface area contributed by atoms with Gasteiger partial charge in [-0.3, -0.25) is 9.59 Å². The number of aliphatic carboxylic acids is 1. The van der Waals surface area contributed by atoms with E-state index < -0.39 is 29.5 Å². The van der Waals surface area contributed by atoms with Gasteiger partial charge in [0.2, 0.25) is 5.91 Å². The van der Waals surface area contributed by atoms with Crippen LogP contribution in [0, 0.1) is 11.8 Å². The van der Waals surface area contributed by atoms with Crippen molar-refractivity contribution in [3.8, 4) is 0 Å². The van der Waals surface area contributed by atoms with E-state index >= 15 is 0 Å². The number of nitrogens with zero attached hydrogens (tertiary/aromatic N) is 1. The molecule has 5 atom stereocenters. The second-order valence-electron chi connectivity index (χ2n) is 7.79. The van der Waals surface area contributed by atoms with Gasteiger partial charge in [-0.05, 0) is 17.5 Å². The summed E-state index contributed by atoms with van der Waals surface area (Å²) < 4.78 is 6.23. The van der Waals surface area contributed by atoms with Gasteiger partial charge in [-0.2, -0.15) is 0 Å². The summed E-state index contributed by atoms with van der Waals surface area (Å²) in [5, 5.41) is 9.76. The van der Waals surface area contributed by atoms with Crippen LogP contribution in [0.1, 0.15) is 11.1 Å². The summed E-state index contributed by atoms with van der Waals surface area (Å²) in [6, 6.07) is 19.6. The Balaban J connectivity index is 1.56. The third-order valence-corrected chi connectivity index (χ3v) is 6.28. The largest absolute Gasteiger partial charge is 0.481 e. The predicted molar refractivity (Wildman–Crippen MR) is 102 cm³/mol. The third-order valence-electron chi connectivity index (χ3n) is 6.28. The highest BCUT2D eigenvalue weighted by Gasteiger charge is 2.70. The van der Waals surface area contributed by atoms with Gasteiger partial charge in [0.25, 0.3) is 0 Å². The molecule has 0 aromatic heterocycles. The summed E-state index contributed by atoms with van der Waals surface area (Å²) in [4.78, 5) is 27.2. The van der Waals surface area contributed by atoms with Crippen LogP contribution in [0.15, 0.2) is 72.8 Å². The average molecular weight is 375 g/mol. The van der Waals surface area contributed by atoms with E-state index in [1.54, 1.807) is 0 Å². The molecule has 2 bridgehead atoms. The molecule has 5 nitrogen and oxygen atoms in total. The number of carbonyl (C=O) groups excluding carboxylic acids is 1. The summed E-state index contributed by atoms with van der Waals surface area (Å²) >= 11 is 0. The summed E-state index contributed by atoms with van der Waals surface area (Å²) in [6.07, 6.45) is 3.87. The fourth-order valence-corrected chi connectivity index (χ4v) is 5.08. The SMILES string of the molecule is O=C(O)[C@@H]1[C@@H]2C=C[C@]3(O2)[C@@H]1C(=O)N(Cc1ccccc1)[C@@H]3Cc1ccccc1. The van der Waals surface area contributed by atoms with Crippen LogP contribution in [-0.2, 0) is 27.3 Å². The molecule has 0 radical (unpaired) electrons. The van der Waals surface area contributed by atoms with Crippen molar-refractivity contribution >= 4 is 11.9 Å². The predicted octanol–water partition coefficient (Wildman–Crippen LogP) is 2.66. The Kier molecular flexibility index (Phi) is 3.88. The number of hydrogen-bond donors (Lipinski definition) is 1. The monoisotopic (exact) mass is 375 g/mol. The van der Waals surface area contributed by atoms with Crippen molar-refractivity contribution in [3.05, 3.63) is 83.9 Å². The minimum Gasteiger partial charge on any atom is -0.481 e. The molecule has 3 aliphatic heterocycles. The molecule has 3 heterocycles. The molecule has 28 heavy (non-hydrogen) atoms. The molecule has 2 saturated heterocycles. The lowest BCUT2D eigenvalue weighted by Gasteiger charge is -2.33. The topological polar surface area (TPSA) is 66.8 Å². The molecule has 2 aromatic carbocycles. The summed E-state index contributed by atoms with van der Waals surface area (Å²) in [5.41, 5.74) is 1.26. The van der Waals surface area contributed by atoms with Crippen molar-refractivity contribution < 1.29 is 19.4 Å². The second-order valence-corrected chi connectivity index (χ2v) is 7.79. The van der Waals surface area contributed by atoms with Crippen LogP contribution in [0.4, 0.5) is 0 Å². The Labute approximate surface area is 163 Å². The lowest BCUT2D eigenvalue weighted by Crippen LogP contribution is -2.46. The van der Waals surface area contributed by atoms with E-state index in [2.05, 4.69) is 0 Å². The van der Waals surface area contributed by atoms with E-state index in [4.69, 9.17) is 4.74 Å². The number of carboxylic acids is 1. The quantitative estimate of drug-likeness (QED) is 0.816. The molecular formula is C23H21NO4. The van der Waals surface area contributed by atoms with Crippen LogP contribution in [0.5, 0.6) is 0 Å². The Hall–Kier alpha value is -2.92.